The summed E-state index contributed by atoms with van der Waals surface area (Å²) in [5, 5.41) is 0. The number of hydroxylamine groups is 1. The molecule has 0 aromatic heterocycles. The molecule has 0 spiro atoms. The summed E-state index contributed by atoms with van der Waals surface area (Å²) in [6.45, 7) is 0. The van der Waals surface area contributed by atoms with Gasteiger partial charge >= 0.3 is 0 Å². The minimum absolute atomic E-state index is 1.12. The van der Waals surface area contributed by atoms with Crippen LogP contribution < -0.4 is 0 Å². The van der Waals surface area contributed by atoms with Crippen molar-refractivity contribution in [3.8, 4) is 0 Å². The minimum Gasteiger partial charge on any atom is -0.470 e. The van der Waals surface area contributed by atoms with Gasteiger partial charge < -0.3 is 17.8 Å². The molecule has 0 aromatic carbocycles. The Morgan fingerprint density at radius 3 is 2.00 bits per heavy atom. The van der Waals surface area contributed by atoms with Gasteiger partial charge in [-0.25, -0.2) is 0 Å². The highest BCUT2D eigenvalue weighted by molar-refractivity contribution is 6.03. The van der Waals surface area contributed by atoms with Crippen molar-refractivity contribution in [2.75, 3.05) is 14.2 Å². The van der Waals surface area contributed by atoms with Crippen molar-refractivity contribution in [3.63, 3.8) is 0 Å². The van der Waals surface area contributed by atoms with E-state index in [-0.39, 0.29) is 0 Å². The second-order valence-corrected chi connectivity index (χ2v) is 0.729. The molecule has 29 valence electrons. The van der Waals surface area contributed by atoms with E-state index in [2.05, 4.69) is 4.84 Å². The monoisotopic (exact) mass is 71.1 g/mol. The molecule has 3 heteroatoms. The Labute approximate surface area is 33.1 Å². The molecule has 0 N–H and O–H groups in total. The smallest absolute Gasteiger partial charge is 0.0524 e. The van der Waals surface area contributed by atoms with Crippen molar-refractivity contribution in [2.24, 2.45) is 0 Å². The van der Waals surface area contributed by atoms with Gasteiger partial charge in [0, 0.05) is 0 Å². The Bertz CT molecular complexity index is 23.6. The third kappa shape index (κ3) is 3.98. The largest absolute Gasteiger partial charge is 0.470 e. The molecule has 0 amide bonds. The molecule has 0 fully saturated rings. The SMILES string of the molecule is [B-]N(C)OC. The lowest BCUT2D eigenvalue weighted by Gasteiger charge is -2.21. The number of rotatable bonds is 1. The standard InChI is InChI=1S/C2H6BNO/c1-4(3)5-2/h1-2H3/q-1. The quantitative estimate of drug-likeness (QED) is 0.307. The van der Waals surface area contributed by atoms with Crippen molar-refractivity contribution in [2.45, 2.75) is 0 Å². The van der Waals surface area contributed by atoms with Crippen LogP contribution in [0, 0.1) is 0 Å². The topological polar surface area (TPSA) is 12.5 Å². The van der Waals surface area contributed by atoms with Crippen LogP contribution in [0.3, 0.4) is 0 Å². The van der Waals surface area contributed by atoms with E-state index < -0.39 is 0 Å². The van der Waals surface area contributed by atoms with Gasteiger partial charge in [0.2, 0.25) is 0 Å². The Hall–Kier alpha value is -0.0151. The van der Waals surface area contributed by atoms with Gasteiger partial charge in [0.25, 0.3) is 0 Å². The lowest BCUT2D eigenvalue weighted by molar-refractivity contribution is -0.0251. The zero-order valence-corrected chi connectivity index (χ0v) is 3.43. The summed E-state index contributed by atoms with van der Waals surface area (Å²) in [6.07, 6.45) is 0. The van der Waals surface area contributed by atoms with Crippen LogP contribution in [0.4, 0.5) is 0 Å². The molecule has 0 bridgehead atoms. The Balaban J connectivity index is 2.54. The van der Waals surface area contributed by atoms with Crippen molar-refractivity contribution in [3.05, 3.63) is 0 Å². The van der Waals surface area contributed by atoms with Crippen LogP contribution >= 0.6 is 0 Å². The summed E-state index contributed by atoms with van der Waals surface area (Å²) in [5.74, 6) is 0. The molecule has 0 saturated heterocycles. The molecule has 3 radical (unpaired) electrons. The first-order chi connectivity index (χ1) is 2.27. The molecule has 5 heavy (non-hydrogen) atoms. The first-order valence-electron chi connectivity index (χ1n) is 1.30. The highest BCUT2D eigenvalue weighted by Crippen LogP contribution is 1.62. The highest BCUT2D eigenvalue weighted by atomic mass is 16.7. The Morgan fingerprint density at radius 1 is 1.80 bits per heavy atom. The summed E-state index contributed by atoms with van der Waals surface area (Å²) in [5.41, 5.74) is 0. The van der Waals surface area contributed by atoms with E-state index >= 15 is 0 Å². The lowest BCUT2D eigenvalue weighted by atomic mass is 10.4. The van der Waals surface area contributed by atoms with E-state index in [1.165, 1.54) is 7.11 Å². The maximum Gasteiger partial charge on any atom is 0.0524 e. The molecular formula is C2H6BNO-. The van der Waals surface area contributed by atoms with E-state index in [0.29, 0.717) is 0 Å². The van der Waals surface area contributed by atoms with Gasteiger partial charge in [-0.1, -0.05) is 0 Å². The summed E-state index contributed by atoms with van der Waals surface area (Å²) < 4.78 is 0. The molecular weight excluding hydrogens is 64.8 g/mol. The molecule has 0 rings (SSSR count). The van der Waals surface area contributed by atoms with Crippen LogP contribution in [-0.4, -0.2) is 27.1 Å². The molecule has 0 saturated carbocycles. The first kappa shape index (κ1) is 4.98. The van der Waals surface area contributed by atoms with Crippen LogP contribution in [0.5, 0.6) is 0 Å². The van der Waals surface area contributed by atoms with Gasteiger partial charge in [0.1, 0.15) is 0 Å². The summed E-state index contributed by atoms with van der Waals surface area (Å²) in [4.78, 5) is 5.49. The number of hydrogen-bond acceptors (Lipinski definition) is 2. The first-order valence-corrected chi connectivity index (χ1v) is 1.30. The minimum atomic E-state index is 1.12. The third-order valence-corrected chi connectivity index (χ3v) is 0.288. The van der Waals surface area contributed by atoms with Crippen LogP contribution in [0.1, 0.15) is 0 Å². The molecule has 0 aliphatic heterocycles. The van der Waals surface area contributed by atoms with E-state index in [4.69, 9.17) is 7.98 Å². The summed E-state index contributed by atoms with van der Waals surface area (Å²) in [7, 11) is 8.01. The second kappa shape index (κ2) is 2.24. The highest BCUT2D eigenvalue weighted by Gasteiger charge is 1.52. The van der Waals surface area contributed by atoms with Gasteiger partial charge in [-0.05, 0) is 7.05 Å². The maximum absolute atomic E-state index is 4.90. The van der Waals surface area contributed by atoms with Crippen molar-refractivity contribution < 1.29 is 4.84 Å². The second-order valence-electron chi connectivity index (χ2n) is 0.729. The van der Waals surface area contributed by atoms with Gasteiger partial charge in [-0.15, -0.1) is 0 Å². The molecule has 0 aliphatic rings. The van der Waals surface area contributed by atoms with Crippen LogP contribution in [0.2, 0.25) is 0 Å². The van der Waals surface area contributed by atoms with E-state index in [1.807, 2.05) is 0 Å². The van der Waals surface area contributed by atoms with Gasteiger partial charge in [-0.2, -0.15) is 0 Å². The third-order valence-electron chi connectivity index (χ3n) is 0.288. The van der Waals surface area contributed by atoms with Gasteiger partial charge in [0.15, 0.2) is 0 Å². The van der Waals surface area contributed by atoms with Gasteiger partial charge in [-0.3, -0.25) is 0 Å². The fraction of sp³-hybridized carbons (Fsp3) is 1.00. The van der Waals surface area contributed by atoms with E-state index in [1.54, 1.807) is 7.05 Å². The molecule has 0 unspecified atom stereocenters. The van der Waals surface area contributed by atoms with Crippen LogP contribution in [0.15, 0.2) is 0 Å². The average molecular weight is 70.9 g/mol. The van der Waals surface area contributed by atoms with Crippen LogP contribution in [-0.2, 0) is 4.84 Å². The zero-order chi connectivity index (χ0) is 4.28. The van der Waals surface area contributed by atoms with Gasteiger partial charge in [0.05, 0.1) is 7.11 Å². The Morgan fingerprint density at radius 2 is 2.00 bits per heavy atom. The summed E-state index contributed by atoms with van der Waals surface area (Å²) in [6, 6.07) is 0. The molecule has 0 aliphatic carbocycles. The van der Waals surface area contributed by atoms with E-state index in [0.717, 1.165) is 4.97 Å². The Kier molecular flexibility index (Phi) is 2.23. The molecule has 2 nitrogen and oxygen atoms in total. The van der Waals surface area contributed by atoms with E-state index in [9.17, 15) is 0 Å². The van der Waals surface area contributed by atoms with Crippen molar-refractivity contribution >= 4 is 7.98 Å². The molecule has 0 aromatic rings. The fourth-order valence-electron chi connectivity index (χ4n) is 0. The van der Waals surface area contributed by atoms with Crippen molar-refractivity contribution in [1.29, 1.82) is 0 Å². The predicted molar refractivity (Wildman–Crippen MR) is 20.5 cm³/mol. The normalized spacial score (nSPS) is 9.60. The summed E-state index contributed by atoms with van der Waals surface area (Å²) >= 11 is 0. The number of nitrogens with zero attached hydrogens (tertiary/aromatic N) is 1. The average Bonchev–Trinajstić information content (AvgIpc) is 1.38. The fourth-order valence-corrected chi connectivity index (χ4v) is 0. The maximum atomic E-state index is 4.90. The number of hydrogen-bond donors (Lipinski definition) is 0. The molecule has 0 heterocycles. The van der Waals surface area contributed by atoms with Crippen LogP contribution in [0.25, 0.3) is 0 Å². The zero-order valence-electron chi connectivity index (χ0n) is 3.43. The molecule has 0 atom stereocenters. The lowest BCUT2D eigenvalue weighted by Crippen LogP contribution is -2.10. The predicted octanol–water partition coefficient (Wildman–Crippen LogP) is -0.437. The van der Waals surface area contributed by atoms with Crippen molar-refractivity contribution in [1.82, 2.24) is 4.97 Å².